The Morgan fingerprint density at radius 2 is 1.91 bits per heavy atom. The summed E-state index contributed by atoms with van der Waals surface area (Å²) < 4.78 is 25.5. The molecule has 3 aromatic carbocycles. The summed E-state index contributed by atoms with van der Waals surface area (Å²) in [6.45, 7) is -0.117. The Labute approximate surface area is 214 Å². The summed E-state index contributed by atoms with van der Waals surface area (Å²) in [7, 11) is 1.48. The highest BCUT2D eigenvalue weighted by atomic mass is 35.5. The van der Waals surface area contributed by atoms with Crippen LogP contribution in [-0.2, 0) is 11.4 Å². The van der Waals surface area contributed by atoms with Gasteiger partial charge in [0.2, 0.25) is 0 Å². The monoisotopic (exact) mass is 530 g/mol. The van der Waals surface area contributed by atoms with Crippen molar-refractivity contribution >= 4 is 63.3 Å². The van der Waals surface area contributed by atoms with Crippen molar-refractivity contribution in [3.05, 3.63) is 97.6 Å². The molecule has 4 rings (SSSR count). The lowest BCUT2D eigenvalue weighted by Gasteiger charge is -2.14. The Morgan fingerprint density at radius 3 is 2.57 bits per heavy atom. The smallest absolute Gasteiger partial charge is 0.270 e. The van der Waals surface area contributed by atoms with Crippen molar-refractivity contribution in [2.45, 2.75) is 6.61 Å². The molecule has 1 heterocycles. The Balaban J connectivity index is 1.57. The zero-order chi connectivity index (χ0) is 25.1. The summed E-state index contributed by atoms with van der Waals surface area (Å²) in [5, 5.41) is 11.1. The highest BCUT2D eigenvalue weighted by molar-refractivity contribution is 8.27. The number of amides is 1. The largest absolute Gasteiger partial charge is 0.493 e. The number of rotatable bonds is 7. The van der Waals surface area contributed by atoms with Gasteiger partial charge in [0.15, 0.2) is 15.8 Å². The summed E-state index contributed by atoms with van der Waals surface area (Å²) in [5.74, 6) is -0.0766. The highest BCUT2D eigenvalue weighted by Crippen LogP contribution is 2.38. The number of benzene rings is 3. The number of non-ortho nitro benzene ring substituents is 1. The predicted molar refractivity (Wildman–Crippen MR) is 137 cm³/mol. The maximum atomic E-state index is 14.1. The zero-order valence-corrected chi connectivity index (χ0v) is 20.5. The lowest BCUT2D eigenvalue weighted by atomic mass is 10.1. The van der Waals surface area contributed by atoms with Crippen molar-refractivity contribution in [1.82, 2.24) is 0 Å². The second kappa shape index (κ2) is 10.4. The van der Waals surface area contributed by atoms with Crippen LogP contribution >= 0.6 is 35.6 Å². The van der Waals surface area contributed by atoms with Gasteiger partial charge < -0.3 is 9.47 Å². The third-order valence-corrected chi connectivity index (χ3v) is 6.69. The minimum Gasteiger partial charge on any atom is -0.493 e. The number of hydrogen-bond acceptors (Lipinski definition) is 7. The van der Waals surface area contributed by atoms with Crippen LogP contribution in [0.15, 0.2) is 65.6 Å². The quantitative estimate of drug-likeness (QED) is 0.152. The molecule has 0 radical (unpaired) electrons. The first-order valence-electron chi connectivity index (χ1n) is 10.0. The van der Waals surface area contributed by atoms with Crippen LogP contribution in [0.4, 0.5) is 15.8 Å². The average molecular weight is 531 g/mol. The maximum absolute atomic E-state index is 14.1. The number of hydrogen-bond donors (Lipinski definition) is 0. The van der Waals surface area contributed by atoms with E-state index in [4.69, 9.17) is 33.3 Å². The van der Waals surface area contributed by atoms with E-state index in [0.29, 0.717) is 32.0 Å². The van der Waals surface area contributed by atoms with Gasteiger partial charge in [0.05, 0.1) is 27.6 Å². The molecule has 0 aromatic heterocycles. The van der Waals surface area contributed by atoms with Gasteiger partial charge in [-0.3, -0.25) is 19.8 Å². The van der Waals surface area contributed by atoms with E-state index in [1.54, 1.807) is 30.3 Å². The first-order chi connectivity index (χ1) is 16.8. The molecule has 178 valence electrons. The van der Waals surface area contributed by atoms with Crippen molar-refractivity contribution in [2.24, 2.45) is 0 Å². The van der Waals surface area contributed by atoms with Crippen molar-refractivity contribution in [3.8, 4) is 11.5 Å². The van der Waals surface area contributed by atoms with Crippen LogP contribution in [0.25, 0.3) is 6.08 Å². The molecule has 35 heavy (non-hydrogen) atoms. The van der Waals surface area contributed by atoms with Gasteiger partial charge in [-0.25, -0.2) is 4.39 Å². The van der Waals surface area contributed by atoms with Gasteiger partial charge in [-0.15, -0.1) is 0 Å². The summed E-state index contributed by atoms with van der Waals surface area (Å²) in [6, 6.07) is 15.0. The molecule has 0 aliphatic carbocycles. The van der Waals surface area contributed by atoms with Gasteiger partial charge in [0.25, 0.3) is 11.6 Å². The van der Waals surface area contributed by atoms with Crippen molar-refractivity contribution in [2.75, 3.05) is 12.0 Å². The second-order valence-corrected chi connectivity index (χ2v) is 9.27. The topological polar surface area (TPSA) is 81.9 Å². The molecule has 1 aliphatic rings. The van der Waals surface area contributed by atoms with E-state index in [1.807, 2.05) is 0 Å². The molecule has 1 aliphatic heterocycles. The predicted octanol–water partition coefficient (Wildman–Crippen LogP) is 6.38. The number of thiocarbonyl (C=S) groups is 1. The number of ether oxygens (including phenoxy) is 2. The SMILES string of the molecule is COc1ccc(/C=C2/SC(=S)N(c3ccc([N+](=O)[O-])cc3)C2=O)cc1OCc1c(F)cccc1Cl. The van der Waals surface area contributed by atoms with Crippen molar-refractivity contribution < 1.29 is 23.6 Å². The molecule has 1 amide bonds. The number of nitro groups is 1. The Kier molecular flexibility index (Phi) is 7.34. The third kappa shape index (κ3) is 5.29. The van der Waals surface area contributed by atoms with E-state index in [9.17, 15) is 19.3 Å². The fraction of sp³-hybridized carbons (Fsp3) is 0.0833. The molecule has 3 aromatic rings. The van der Waals surface area contributed by atoms with Crippen LogP contribution in [-0.4, -0.2) is 22.3 Å². The van der Waals surface area contributed by atoms with Crippen LogP contribution in [0.2, 0.25) is 5.02 Å². The average Bonchev–Trinajstić information content (AvgIpc) is 3.11. The first kappa shape index (κ1) is 24.6. The Bertz CT molecular complexity index is 1340. The standard InChI is InChI=1S/C24H16ClFN2O5S2/c1-32-20-10-5-14(11-21(20)33-13-17-18(25)3-2-4-19(17)26)12-22-23(29)27(24(34)35-22)15-6-8-16(9-7-15)28(30)31/h2-12H,13H2,1H3/b22-12+. The zero-order valence-electron chi connectivity index (χ0n) is 18.1. The molecular weight excluding hydrogens is 515 g/mol. The lowest BCUT2D eigenvalue weighted by molar-refractivity contribution is -0.384. The van der Waals surface area contributed by atoms with E-state index < -0.39 is 10.7 Å². The normalized spacial score (nSPS) is 14.5. The molecule has 11 heteroatoms. The molecule has 1 saturated heterocycles. The Morgan fingerprint density at radius 1 is 1.17 bits per heavy atom. The summed E-state index contributed by atoms with van der Waals surface area (Å²) in [5.41, 5.74) is 1.19. The molecular formula is C24H16ClFN2O5S2. The van der Waals surface area contributed by atoms with Gasteiger partial charge in [0, 0.05) is 17.7 Å². The van der Waals surface area contributed by atoms with E-state index in [0.717, 1.165) is 11.8 Å². The molecule has 0 saturated carbocycles. The van der Waals surface area contributed by atoms with E-state index >= 15 is 0 Å². The van der Waals surface area contributed by atoms with Gasteiger partial charge in [-0.05, 0) is 48.0 Å². The van der Waals surface area contributed by atoms with Crippen molar-refractivity contribution in [3.63, 3.8) is 0 Å². The highest BCUT2D eigenvalue weighted by Gasteiger charge is 2.33. The number of halogens is 2. The lowest BCUT2D eigenvalue weighted by Crippen LogP contribution is -2.27. The number of carbonyl (C=O) groups is 1. The van der Waals surface area contributed by atoms with Crippen LogP contribution in [0.1, 0.15) is 11.1 Å². The fourth-order valence-corrected chi connectivity index (χ4v) is 4.80. The third-order valence-electron chi connectivity index (χ3n) is 5.03. The Hall–Kier alpha value is -3.47. The van der Waals surface area contributed by atoms with Crippen LogP contribution in [0, 0.1) is 15.9 Å². The molecule has 7 nitrogen and oxygen atoms in total. The van der Waals surface area contributed by atoms with Gasteiger partial charge >= 0.3 is 0 Å². The number of methoxy groups -OCH3 is 1. The number of anilines is 1. The molecule has 0 spiro atoms. The molecule has 1 fully saturated rings. The van der Waals surface area contributed by atoms with Gasteiger partial charge in [-0.1, -0.05) is 47.7 Å². The summed E-state index contributed by atoms with van der Waals surface area (Å²) in [6.07, 6.45) is 1.65. The number of thioether (sulfide) groups is 1. The summed E-state index contributed by atoms with van der Waals surface area (Å²) in [4.78, 5) is 25.1. The number of nitrogens with zero attached hydrogens (tertiary/aromatic N) is 2. The first-order valence-corrected chi connectivity index (χ1v) is 11.6. The number of carbonyl (C=O) groups excluding carboxylic acids is 1. The van der Waals surface area contributed by atoms with Crippen LogP contribution < -0.4 is 14.4 Å². The minimum absolute atomic E-state index is 0.0860. The fourth-order valence-electron chi connectivity index (χ4n) is 3.28. The van der Waals surface area contributed by atoms with Gasteiger partial charge in [-0.2, -0.15) is 0 Å². The van der Waals surface area contributed by atoms with Crippen LogP contribution in [0.5, 0.6) is 11.5 Å². The van der Waals surface area contributed by atoms with E-state index in [-0.39, 0.29) is 28.8 Å². The molecule has 0 atom stereocenters. The summed E-state index contributed by atoms with van der Waals surface area (Å²) >= 11 is 12.6. The van der Waals surface area contributed by atoms with E-state index in [1.165, 1.54) is 48.4 Å². The maximum Gasteiger partial charge on any atom is 0.270 e. The number of nitro benzene ring substituents is 1. The molecule has 0 unspecified atom stereocenters. The minimum atomic E-state index is -0.516. The molecule has 0 N–H and O–H groups in total. The van der Waals surface area contributed by atoms with E-state index in [2.05, 4.69) is 0 Å². The molecule has 0 bridgehead atoms. The van der Waals surface area contributed by atoms with Crippen molar-refractivity contribution in [1.29, 1.82) is 0 Å². The second-order valence-electron chi connectivity index (χ2n) is 7.19. The van der Waals surface area contributed by atoms with Crippen LogP contribution in [0.3, 0.4) is 0 Å². The van der Waals surface area contributed by atoms with Gasteiger partial charge in [0.1, 0.15) is 12.4 Å².